The third kappa shape index (κ3) is 6.23. The third-order valence-corrected chi connectivity index (χ3v) is 5.99. The summed E-state index contributed by atoms with van der Waals surface area (Å²) < 4.78 is 19.3. The van der Waals surface area contributed by atoms with Gasteiger partial charge in [0, 0.05) is 38.4 Å². The highest BCUT2D eigenvalue weighted by Gasteiger charge is 2.29. The second kappa shape index (κ2) is 10.8. The molecule has 1 fully saturated rings. The van der Waals surface area contributed by atoms with E-state index in [2.05, 4.69) is 59.8 Å². The summed E-state index contributed by atoms with van der Waals surface area (Å²) in [6.45, 7) is 8.09. The zero-order chi connectivity index (χ0) is 24.1. The Kier molecular flexibility index (Phi) is 7.63. The standard InChI is InChI=1S/C27H34FN5O/c1-20(2)19-34-25-11-7-22(8-12-25)16-33(15-21-5-9-23(28)10-6-21)27-29-14-13-26(30-27)32-17-24(18-32)31(3)4/h5-14,20,24H,15-19H2,1-4H3. The lowest BCUT2D eigenvalue weighted by atomic mass is 10.1. The molecule has 180 valence electrons. The van der Waals surface area contributed by atoms with Crippen LogP contribution in [-0.4, -0.2) is 54.7 Å². The molecule has 1 aromatic heterocycles. The molecule has 0 aliphatic carbocycles. The number of benzene rings is 2. The Morgan fingerprint density at radius 3 is 2.18 bits per heavy atom. The molecular weight excluding hydrogens is 429 g/mol. The van der Waals surface area contributed by atoms with Crippen molar-refractivity contribution in [2.45, 2.75) is 33.0 Å². The summed E-state index contributed by atoms with van der Waals surface area (Å²) in [6, 6.07) is 17.3. The zero-order valence-electron chi connectivity index (χ0n) is 20.5. The Hall–Kier alpha value is -3.19. The van der Waals surface area contributed by atoms with E-state index in [-0.39, 0.29) is 5.82 Å². The molecule has 0 amide bonds. The van der Waals surface area contributed by atoms with Crippen LogP contribution in [0.15, 0.2) is 60.8 Å². The van der Waals surface area contributed by atoms with E-state index in [0.29, 0.717) is 37.6 Å². The smallest absolute Gasteiger partial charge is 0.227 e. The number of rotatable bonds is 10. The predicted octanol–water partition coefficient (Wildman–Crippen LogP) is 4.61. The van der Waals surface area contributed by atoms with E-state index in [0.717, 1.165) is 35.8 Å². The molecule has 0 saturated carbocycles. The van der Waals surface area contributed by atoms with E-state index in [1.165, 1.54) is 12.1 Å². The van der Waals surface area contributed by atoms with Crippen molar-refractivity contribution < 1.29 is 9.13 Å². The van der Waals surface area contributed by atoms with Gasteiger partial charge in [-0.05, 0) is 61.5 Å². The fraction of sp³-hybridized carbons (Fsp3) is 0.407. The number of aromatic nitrogens is 2. The minimum atomic E-state index is -0.237. The number of likely N-dealkylation sites (N-methyl/N-ethyl adjacent to an activating group) is 1. The zero-order valence-corrected chi connectivity index (χ0v) is 20.5. The lowest BCUT2D eigenvalue weighted by Crippen LogP contribution is -2.57. The minimum Gasteiger partial charge on any atom is -0.493 e. The van der Waals surface area contributed by atoms with Gasteiger partial charge >= 0.3 is 0 Å². The van der Waals surface area contributed by atoms with Gasteiger partial charge in [0.1, 0.15) is 17.4 Å². The Morgan fingerprint density at radius 1 is 0.971 bits per heavy atom. The molecule has 0 atom stereocenters. The normalized spacial score (nSPS) is 13.9. The molecule has 0 unspecified atom stereocenters. The minimum absolute atomic E-state index is 0.237. The highest BCUT2D eigenvalue weighted by Crippen LogP contribution is 2.24. The van der Waals surface area contributed by atoms with Gasteiger partial charge in [-0.3, -0.25) is 0 Å². The first-order chi connectivity index (χ1) is 16.4. The Balaban J connectivity index is 1.52. The molecule has 1 aliphatic heterocycles. The molecule has 3 aromatic rings. The molecule has 2 aromatic carbocycles. The molecule has 0 bridgehead atoms. The fourth-order valence-electron chi connectivity index (χ4n) is 3.82. The quantitative estimate of drug-likeness (QED) is 0.438. The van der Waals surface area contributed by atoms with E-state index in [4.69, 9.17) is 9.72 Å². The van der Waals surface area contributed by atoms with E-state index in [9.17, 15) is 4.39 Å². The van der Waals surface area contributed by atoms with Crippen LogP contribution in [0.4, 0.5) is 16.2 Å². The third-order valence-electron chi connectivity index (χ3n) is 5.99. The summed E-state index contributed by atoms with van der Waals surface area (Å²) in [7, 11) is 4.22. The lowest BCUT2D eigenvalue weighted by Gasteiger charge is -2.43. The largest absolute Gasteiger partial charge is 0.493 e. The molecule has 1 saturated heterocycles. The van der Waals surface area contributed by atoms with Crippen LogP contribution in [0.3, 0.4) is 0 Å². The fourth-order valence-corrected chi connectivity index (χ4v) is 3.82. The Morgan fingerprint density at radius 2 is 1.59 bits per heavy atom. The number of hydrogen-bond donors (Lipinski definition) is 0. The predicted molar refractivity (Wildman–Crippen MR) is 135 cm³/mol. The van der Waals surface area contributed by atoms with Crippen molar-refractivity contribution in [3.8, 4) is 5.75 Å². The van der Waals surface area contributed by atoms with E-state index >= 15 is 0 Å². The van der Waals surface area contributed by atoms with Gasteiger partial charge in [-0.25, -0.2) is 9.37 Å². The first-order valence-corrected chi connectivity index (χ1v) is 11.8. The molecule has 6 nitrogen and oxygen atoms in total. The van der Waals surface area contributed by atoms with Crippen molar-refractivity contribution in [3.05, 3.63) is 77.7 Å². The summed E-state index contributed by atoms with van der Waals surface area (Å²) in [5, 5.41) is 0. The molecule has 7 heteroatoms. The number of nitrogens with zero attached hydrogens (tertiary/aromatic N) is 5. The highest BCUT2D eigenvalue weighted by molar-refractivity contribution is 5.47. The van der Waals surface area contributed by atoms with Crippen molar-refractivity contribution in [3.63, 3.8) is 0 Å². The second-order valence-corrected chi connectivity index (χ2v) is 9.57. The molecular formula is C27H34FN5O. The summed E-state index contributed by atoms with van der Waals surface area (Å²) in [5.41, 5.74) is 2.13. The summed E-state index contributed by atoms with van der Waals surface area (Å²) in [5.74, 6) is 2.71. The topological polar surface area (TPSA) is 44.7 Å². The highest BCUT2D eigenvalue weighted by atomic mass is 19.1. The number of hydrogen-bond acceptors (Lipinski definition) is 6. The van der Waals surface area contributed by atoms with Crippen molar-refractivity contribution >= 4 is 11.8 Å². The van der Waals surface area contributed by atoms with E-state index < -0.39 is 0 Å². The van der Waals surface area contributed by atoms with Crippen molar-refractivity contribution in [2.24, 2.45) is 5.92 Å². The van der Waals surface area contributed by atoms with E-state index in [1.807, 2.05) is 36.5 Å². The van der Waals surface area contributed by atoms with Crippen LogP contribution in [0.1, 0.15) is 25.0 Å². The number of ether oxygens (including phenoxy) is 1. The monoisotopic (exact) mass is 463 g/mol. The van der Waals surface area contributed by atoms with Gasteiger partial charge in [0.15, 0.2) is 0 Å². The van der Waals surface area contributed by atoms with Crippen molar-refractivity contribution in [1.29, 1.82) is 0 Å². The Bertz CT molecular complexity index is 1050. The van der Waals surface area contributed by atoms with Crippen LogP contribution in [0, 0.1) is 11.7 Å². The maximum Gasteiger partial charge on any atom is 0.227 e. The molecule has 34 heavy (non-hydrogen) atoms. The Labute approximate surface area is 202 Å². The molecule has 0 spiro atoms. The molecule has 0 N–H and O–H groups in total. The van der Waals surface area contributed by atoms with Crippen LogP contribution in [0.5, 0.6) is 5.75 Å². The van der Waals surface area contributed by atoms with Crippen molar-refractivity contribution in [2.75, 3.05) is 43.6 Å². The van der Waals surface area contributed by atoms with Gasteiger partial charge in [-0.15, -0.1) is 0 Å². The van der Waals surface area contributed by atoms with Crippen LogP contribution < -0.4 is 14.5 Å². The maximum atomic E-state index is 13.5. The molecule has 1 aliphatic rings. The van der Waals surface area contributed by atoms with Crippen LogP contribution >= 0.6 is 0 Å². The first-order valence-electron chi connectivity index (χ1n) is 11.8. The van der Waals surface area contributed by atoms with Crippen LogP contribution in [0.25, 0.3) is 0 Å². The number of halogens is 1. The van der Waals surface area contributed by atoms with Gasteiger partial charge in [-0.2, -0.15) is 4.98 Å². The van der Waals surface area contributed by atoms with Gasteiger partial charge in [0.25, 0.3) is 0 Å². The molecule has 2 heterocycles. The SMILES string of the molecule is CC(C)COc1ccc(CN(Cc2ccc(F)cc2)c2nccc(N3CC(N(C)C)C3)n2)cc1. The molecule has 0 radical (unpaired) electrons. The average molecular weight is 464 g/mol. The van der Waals surface area contributed by atoms with Crippen LogP contribution in [0.2, 0.25) is 0 Å². The maximum absolute atomic E-state index is 13.5. The average Bonchev–Trinajstić information content (AvgIpc) is 2.78. The van der Waals surface area contributed by atoms with E-state index in [1.54, 1.807) is 0 Å². The van der Waals surface area contributed by atoms with Crippen molar-refractivity contribution in [1.82, 2.24) is 14.9 Å². The van der Waals surface area contributed by atoms with Gasteiger partial charge in [0.05, 0.1) is 6.61 Å². The lowest BCUT2D eigenvalue weighted by molar-refractivity contribution is 0.246. The number of anilines is 2. The summed E-state index contributed by atoms with van der Waals surface area (Å²) in [6.07, 6.45) is 1.82. The van der Waals surface area contributed by atoms with Crippen LogP contribution in [-0.2, 0) is 13.1 Å². The van der Waals surface area contributed by atoms with Gasteiger partial charge in [-0.1, -0.05) is 38.1 Å². The summed E-state index contributed by atoms with van der Waals surface area (Å²) in [4.78, 5) is 16.1. The second-order valence-electron chi connectivity index (χ2n) is 9.57. The van der Waals surface area contributed by atoms with Gasteiger partial charge in [0.2, 0.25) is 5.95 Å². The van der Waals surface area contributed by atoms with Gasteiger partial charge < -0.3 is 19.4 Å². The first kappa shape index (κ1) is 24.0. The summed E-state index contributed by atoms with van der Waals surface area (Å²) >= 11 is 0. The molecule has 4 rings (SSSR count).